The van der Waals surface area contributed by atoms with Crippen LogP contribution < -0.4 is 5.32 Å². The van der Waals surface area contributed by atoms with E-state index in [1.54, 1.807) is 13.0 Å². The Bertz CT molecular complexity index is 1000. The first kappa shape index (κ1) is 19.3. The Labute approximate surface area is 169 Å². The quantitative estimate of drug-likeness (QED) is 0.688. The van der Waals surface area contributed by atoms with Crippen LogP contribution in [0.25, 0.3) is 17.3 Å². The van der Waals surface area contributed by atoms with Crippen molar-refractivity contribution >= 4 is 5.91 Å². The topological polar surface area (TPSA) is 95.1 Å². The van der Waals surface area contributed by atoms with Crippen molar-refractivity contribution in [3.05, 3.63) is 47.5 Å². The maximum Gasteiger partial charge on any atom is 0.268 e. The molecule has 1 aliphatic rings. The number of ether oxygens (including phenoxy) is 1. The molecule has 4 rings (SSSR count). The molecule has 1 aliphatic heterocycles. The van der Waals surface area contributed by atoms with Gasteiger partial charge in [-0.25, -0.2) is 4.68 Å². The second kappa shape index (κ2) is 8.16. The average Bonchev–Trinajstić information content (AvgIpc) is 3.46. The fraction of sp³-hybridized carbons (Fsp3) is 0.429. The predicted octanol–water partition coefficient (Wildman–Crippen LogP) is 3.26. The first-order chi connectivity index (χ1) is 14.0. The number of rotatable bonds is 6. The minimum absolute atomic E-state index is 0.112. The molecule has 8 nitrogen and oxygen atoms in total. The van der Waals surface area contributed by atoms with Crippen LogP contribution in [0.1, 0.15) is 54.5 Å². The third-order valence-electron chi connectivity index (χ3n) is 4.94. The molecule has 3 heterocycles. The zero-order chi connectivity index (χ0) is 20.4. The van der Waals surface area contributed by atoms with Crippen molar-refractivity contribution < 1.29 is 13.9 Å². The zero-order valence-corrected chi connectivity index (χ0v) is 16.9. The highest BCUT2D eigenvalue weighted by Gasteiger charge is 2.19. The molecule has 1 fully saturated rings. The van der Waals surface area contributed by atoms with Crippen LogP contribution in [-0.2, 0) is 4.74 Å². The number of aryl methyl sites for hydroxylation is 1. The lowest BCUT2D eigenvalue weighted by Crippen LogP contribution is -2.31. The Morgan fingerprint density at radius 3 is 2.86 bits per heavy atom. The molecule has 0 aliphatic carbocycles. The van der Waals surface area contributed by atoms with Gasteiger partial charge >= 0.3 is 0 Å². The molecule has 0 radical (unpaired) electrons. The van der Waals surface area contributed by atoms with Crippen molar-refractivity contribution in [2.45, 2.75) is 45.6 Å². The molecule has 1 amide bonds. The summed E-state index contributed by atoms with van der Waals surface area (Å²) in [6, 6.07) is 9.38. The summed E-state index contributed by atoms with van der Waals surface area (Å²) in [4.78, 5) is 12.6. The Balaban J connectivity index is 1.60. The van der Waals surface area contributed by atoms with Crippen LogP contribution in [0.3, 0.4) is 0 Å². The summed E-state index contributed by atoms with van der Waals surface area (Å²) in [5.74, 6) is 0.977. The van der Waals surface area contributed by atoms with E-state index in [1.165, 1.54) is 0 Å². The number of carbonyl (C=O) groups is 1. The Hall–Kier alpha value is -3.00. The van der Waals surface area contributed by atoms with Gasteiger partial charge in [0.05, 0.1) is 11.8 Å². The van der Waals surface area contributed by atoms with E-state index in [9.17, 15) is 4.79 Å². The lowest BCUT2D eigenvalue weighted by Gasteiger charge is -2.13. The van der Waals surface area contributed by atoms with E-state index in [0.29, 0.717) is 29.6 Å². The van der Waals surface area contributed by atoms with Crippen LogP contribution in [0.2, 0.25) is 0 Å². The molecule has 3 aromatic rings. The Morgan fingerprint density at radius 2 is 2.17 bits per heavy atom. The van der Waals surface area contributed by atoms with Crippen molar-refractivity contribution in [1.82, 2.24) is 25.3 Å². The van der Waals surface area contributed by atoms with Gasteiger partial charge in [-0.05, 0) is 43.0 Å². The van der Waals surface area contributed by atoms with Crippen LogP contribution >= 0.6 is 0 Å². The van der Waals surface area contributed by atoms with E-state index in [4.69, 9.17) is 9.15 Å². The molecule has 0 bridgehead atoms. The van der Waals surface area contributed by atoms with Crippen molar-refractivity contribution in [3.63, 3.8) is 0 Å². The lowest BCUT2D eigenvalue weighted by atomic mass is 10.1. The summed E-state index contributed by atoms with van der Waals surface area (Å²) in [6.45, 7) is 7.23. The monoisotopic (exact) mass is 395 g/mol. The minimum Gasteiger partial charge on any atom is -0.420 e. The molecule has 0 saturated carbocycles. The number of hydrogen-bond acceptors (Lipinski definition) is 6. The fourth-order valence-corrected chi connectivity index (χ4v) is 3.41. The van der Waals surface area contributed by atoms with Gasteiger partial charge in [-0.1, -0.05) is 19.9 Å². The van der Waals surface area contributed by atoms with Gasteiger partial charge in [0.25, 0.3) is 11.8 Å². The van der Waals surface area contributed by atoms with Gasteiger partial charge in [0.1, 0.15) is 5.69 Å². The predicted molar refractivity (Wildman–Crippen MR) is 107 cm³/mol. The number of amides is 1. The van der Waals surface area contributed by atoms with Crippen LogP contribution in [0.4, 0.5) is 0 Å². The Morgan fingerprint density at radius 1 is 1.31 bits per heavy atom. The standard InChI is InChI=1S/C21H25N5O3/c1-13(2)19-11-18(21-24-23-14(3)29-21)25-26(19)16-7-4-6-15(10-16)20(27)22-12-17-8-5-9-28-17/h4,6-7,10-11,13,17H,5,8-9,12H2,1-3H3,(H,22,27). The second-order valence-electron chi connectivity index (χ2n) is 7.54. The van der Waals surface area contributed by atoms with E-state index in [0.717, 1.165) is 30.8 Å². The fourth-order valence-electron chi connectivity index (χ4n) is 3.41. The summed E-state index contributed by atoms with van der Waals surface area (Å²) < 4.78 is 12.9. The molecule has 8 heteroatoms. The normalized spacial score (nSPS) is 16.5. The highest BCUT2D eigenvalue weighted by atomic mass is 16.5. The SMILES string of the molecule is Cc1nnc(-c2cc(C(C)C)n(-c3cccc(C(=O)NCC4CCCO4)c3)n2)o1. The molecule has 0 spiro atoms. The summed E-state index contributed by atoms with van der Waals surface area (Å²) in [6.07, 6.45) is 2.15. The summed E-state index contributed by atoms with van der Waals surface area (Å²) in [5.41, 5.74) is 3.00. The first-order valence-electron chi connectivity index (χ1n) is 9.92. The number of aromatic nitrogens is 4. The highest BCUT2D eigenvalue weighted by molar-refractivity contribution is 5.94. The van der Waals surface area contributed by atoms with Crippen LogP contribution in [0, 0.1) is 6.92 Å². The van der Waals surface area contributed by atoms with Crippen LogP contribution in [-0.4, -0.2) is 45.1 Å². The second-order valence-corrected chi connectivity index (χ2v) is 7.54. The molecule has 1 saturated heterocycles. The molecular weight excluding hydrogens is 370 g/mol. The van der Waals surface area contributed by atoms with E-state index in [2.05, 4.69) is 34.5 Å². The van der Waals surface area contributed by atoms with Gasteiger partial charge in [-0.15, -0.1) is 10.2 Å². The van der Waals surface area contributed by atoms with Gasteiger partial charge in [0.15, 0.2) is 0 Å². The van der Waals surface area contributed by atoms with Gasteiger partial charge in [0.2, 0.25) is 5.89 Å². The van der Waals surface area contributed by atoms with Crippen molar-refractivity contribution in [3.8, 4) is 17.3 Å². The van der Waals surface area contributed by atoms with Gasteiger partial charge in [0, 0.05) is 31.3 Å². The van der Waals surface area contributed by atoms with E-state index in [1.807, 2.05) is 28.9 Å². The molecule has 152 valence electrons. The number of nitrogens with one attached hydrogen (secondary N) is 1. The smallest absolute Gasteiger partial charge is 0.268 e. The maximum absolute atomic E-state index is 12.6. The summed E-state index contributed by atoms with van der Waals surface area (Å²) >= 11 is 0. The number of benzene rings is 1. The van der Waals surface area contributed by atoms with Gasteiger partial charge in [-0.2, -0.15) is 5.10 Å². The maximum atomic E-state index is 12.6. The molecule has 1 N–H and O–H groups in total. The number of nitrogens with zero attached hydrogens (tertiary/aromatic N) is 4. The van der Waals surface area contributed by atoms with Gasteiger partial charge < -0.3 is 14.5 Å². The minimum atomic E-state index is -0.117. The first-order valence-corrected chi connectivity index (χ1v) is 9.92. The third-order valence-corrected chi connectivity index (χ3v) is 4.94. The highest BCUT2D eigenvalue weighted by Crippen LogP contribution is 2.26. The molecule has 2 aromatic heterocycles. The molecule has 1 aromatic carbocycles. The van der Waals surface area contributed by atoms with Crippen molar-refractivity contribution in [1.29, 1.82) is 0 Å². The number of carbonyl (C=O) groups excluding carboxylic acids is 1. The summed E-state index contributed by atoms with van der Waals surface area (Å²) in [7, 11) is 0. The molecule has 29 heavy (non-hydrogen) atoms. The van der Waals surface area contributed by atoms with E-state index < -0.39 is 0 Å². The van der Waals surface area contributed by atoms with Crippen LogP contribution in [0.5, 0.6) is 0 Å². The van der Waals surface area contributed by atoms with Crippen molar-refractivity contribution in [2.75, 3.05) is 13.2 Å². The van der Waals surface area contributed by atoms with Crippen LogP contribution in [0.15, 0.2) is 34.7 Å². The molecule has 1 unspecified atom stereocenters. The third kappa shape index (κ3) is 4.22. The lowest BCUT2D eigenvalue weighted by molar-refractivity contribution is 0.0857. The summed E-state index contributed by atoms with van der Waals surface area (Å²) in [5, 5.41) is 15.6. The Kier molecular flexibility index (Phi) is 5.44. The van der Waals surface area contributed by atoms with E-state index in [-0.39, 0.29) is 17.9 Å². The zero-order valence-electron chi connectivity index (χ0n) is 16.9. The number of hydrogen-bond donors (Lipinski definition) is 1. The average molecular weight is 395 g/mol. The molecular formula is C21H25N5O3. The van der Waals surface area contributed by atoms with Gasteiger partial charge in [-0.3, -0.25) is 4.79 Å². The van der Waals surface area contributed by atoms with Crippen molar-refractivity contribution in [2.24, 2.45) is 0 Å². The van der Waals surface area contributed by atoms with E-state index >= 15 is 0 Å². The molecule has 1 atom stereocenters. The largest absolute Gasteiger partial charge is 0.420 e.